The number of ether oxygens (including phenoxy) is 1. The minimum Gasteiger partial charge on any atom is -0.495 e. The Bertz CT molecular complexity index is 774. The van der Waals surface area contributed by atoms with Gasteiger partial charge >= 0.3 is 0 Å². The average molecular weight is 431 g/mol. The molecule has 0 spiro atoms. The molecule has 0 aromatic heterocycles. The van der Waals surface area contributed by atoms with E-state index in [1.165, 1.54) is 18.9 Å². The van der Waals surface area contributed by atoms with E-state index in [1.54, 1.807) is 18.2 Å². The number of hydrogen-bond acceptors (Lipinski definition) is 5. The summed E-state index contributed by atoms with van der Waals surface area (Å²) in [6.07, 6.45) is 9.33. The number of carbonyl (C=O) groups is 4. The Labute approximate surface area is 184 Å². The Balaban J connectivity index is 1.52. The van der Waals surface area contributed by atoms with Crippen molar-refractivity contribution in [1.82, 2.24) is 4.90 Å². The molecule has 2 rings (SSSR count). The van der Waals surface area contributed by atoms with Gasteiger partial charge in [-0.2, -0.15) is 0 Å². The summed E-state index contributed by atoms with van der Waals surface area (Å²) < 4.78 is 5.26. The number of unbranched alkanes of at least 4 members (excludes halogenated alkanes) is 7. The Morgan fingerprint density at radius 3 is 2.10 bits per heavy atom. The Morgan fingerprint density at radius 2 is 1.52 bits per heavy atom. The highest BCUT2D eigenvalue weighted by molar-refractivity contribution is 6.02. The molecule has 1 aromatic carbocycles. The Morgan fingerprint density at radius 1 is 0.935 bits per heavy atom. The average Bonchev–Trinajstić information content (AvgIpc) is 3.06. The number of carbonyl (C=O) groups excluding carboxylic acids is 4. The molecule has 1 fully saturated rings. The molecule has 1 N–H and O–H groups in total. The van der Waals surface area contributed by atoms with E-state index in [0.29, 0.717) is 42.8 Å². The highest BCUT2D eigenvalue weighted by atomic mass is 16.5. The fraction of sp³-hybridized carbons (Fsp3) is 0.583. The van der Waals surface area contributed by atoms with E-state index in [2.05, 4.69) is 5.32 Å². The summed E-state index contributed by atoms with van der Waals surface area (Å²) in [7, 11) is 1.53. The molecule has 0 unspecified atom stereocenters. The van der Waals surface area contributed by atoms with Gasteiger partial charge in [-0.25, -0.2) is 0 Å². The van der Waals surface area contributed by atoms with Crippen molar-refractivity contribution >= 4 is 29.2 Å². The molecule has 1 aliphatic rings. The third kappa shape index (κ3) is 8.15. The van der Waals surface area contributed by atoms with Gasteiger partial charge in [0, 0.05) is 31.4 Å². The largest absolute Gasteiger partial charge is 0.495 e. The fourth-order valence-electron chi connectivity index (χ4n) is 3.73. The molecule has 170 valence electrons. The third-order valence-electron chi connectivity index (χ3n) is 5.57. The molecule has 1 aromatic rings. The van der Waals surface area contributed by atoms with Gasteiger partial charge in [-0.3, -0.25) is 24.1 Å². The SMILES string of the molecule is COc1ccc(C(C)=O)cc1NC(=O)CCCCCCCCCCN1C(=O)CCC1=O. The molecule has 1 aliphatic heterocycles. The first-order valence-corrected chi connectivity index (χ1v) is 11.2. The van der Waals surface area contributed by atoms with Crippen molar-refractivity contribution in [3.63, 3.8) is 0 Å². The third-order valence-corrected chi connectivity index (χ3v) is 5.57. The second-order valence-corrected chi connectivity index (χ2v) is 8.04. The molecular weight excluding hydrogens is 396 g/mol. The summed E-state index contributed by atoms with van der Waals surface area (Å²) in [5, 5.41) is 2.84. The van der Waals surface area contributed by atoms with Crippen LogP contribution in [0.2, 0.25) is 0 Å². The summed E-state index contributed by atoms with van der Waals surface area (Å²) in [4.78, 5) is 48.2. The van der Waals surface area contributed by atoms with Crippen molar-refractivity contribution < 1.29 is 23.9 Å². The van der Waals surface area contributed by atoms with Crippen molar-refractivity contribution in [2.24, 2.45) is 0 Å². The number of nitrogens with one attached hydrogen (secondary N) is 1. The van der Waals surface area contributed by atoms with E-state index in [9.17, 15) is 19.2 Å². The van der Waals surface area contributed by atoms with Gasteiger partial charge in [0.15, 0.2) is 5.78 Å². The number of hydrogen-bond donors (Lipinski definition) is 1. The standard InChI is InChI=1S/C24H34N2O5/c1-18(27)19-12-13-21(31-2)20(17-19)25-22(28)11-9-7-5-3-4-6-8-10-16-26-23(29)14-15-24(26)30/h12-13,17H,3-11,14-16H2,1-2H3,(H,25,28). The van der Waals surface area contributed by atoms with Gasteiger partial charge in [-0.1, -0.05) is 38.5 Å². The number of benzene rings is 1. The summed E-state index contributed by atoms with van der Waals surface area (Å²) in [5.41, 5.74) is 1.06. The van der Waals surface area contributed by atoms with Crippen LogP contribution in [0, 0.1) is 0 Å². The molecule has 1 heterocycles. The number of nitrogens with zero attached hydrogens (tertiary/aromatic N) is 1. The quantitative estimate of drug-likeness (QED) is 0.267. The van der Waals surface area contributed by atoms with Crippen LogP contribution in [0.3, 0.4) is 0 Å². The zero-order chi connectivity index (χ0) is 22.6. The number of amides is 3. The maximum Gasteiger partial charge on any atom is 0.229 e. The Kier molecular flexibility index (Phi) is 10.2. The van der Waals surface area contributed by atoms with Gasteiger partial charge < -0.3 is 10.1 Å². The second-order valence-electron chi connectivity index (χ2n) is 8.04. The van der Waals surface area contributed by atoms with Crippen molar-refractivity contribution in [2.45, 2.75) is 77.6 Å². The molecule has 31 heavy (non-hydrogen) atoms. The zero-order valence-corrected chi connectivity index (χ0v) is 18.7. The van der Waals surface area contributed by atoms with Gasteiger partial charge in [0.05, 0.1) is 12.8 Å². The maximum atomic E-state index is 12.2. The summed E-state index contributed by atoms with van der Waals surface area (Å²) in [6, 6.07) is 5.02. The van der Waals surface area contributed by atoms with Crippen LogP contribution in [0.15, 0.2) is 18.2 Å². The van der Waals surface area contributed by atoms with E-state index >= 15 is 0 Å². The number of Topliss-reactive ketones (excluding diaryl/α,β-unsaturated/α-hetero) is 1. The summed E-state index contributed by atoms with van der Waals surface area (Å²) in [5.74, 6) is 0.344. The summed E-state index contributed by atoms with van der Waals surface area (Å²) in [6.45, 7) is 2.05. The molecule has 0 aliphatic carbocycles. The number of likely N-dealkylation sites (tertiary alicyclic amines) is 1. The molecular formula is C24H34N2O5. The van der Waals surface area contributed by atoms with E-state index in [0.717, 1.165) is 51.4 Å². The normalized spacial score (nSPS) is 13.5. The predicted octanol–water partition coefficient (Wildman–Crippen LogP) is 4.50. The van der Waals surface area contributed by atoms with Gasteiger partial charge in [-0.05, 0) is 38.0 Å². The highest BCUT2D eigenvalue weighted by Gasteiger charge is 2.27. The number of methoxy groups -OCH3 is 1. The maximum absolute atomic E-state index is 12.2. The van der Waals surface area contributed by atoms with Crippen molar-refractivity contribution in [3.05, 3.63) is 23.8 Å². The van der Waals surface area contributed by atoms with E-state index in [4.69, 9.17) is 4.74 Å². The fourth-order valence-corrected chi connectivity index (χ4v) is 3.73. The summed E-state index contributed by atoms with van der Waals surface area (Å²) >= 11 is 0. The highest BCUT2D eigenvalue weighted by Crippen LogP contribution is 2.26. The van der Waals surface area contributed by atoms with Crippen LogP contribution < -0.4 is 10.1 Å². The topological polar surface area (TPSA) is 92.8 Å². The van der Waals surface area contributed by atoms with Crippen LogP contribution in [-0.2, 0) is 14.4 Å². The van der Waals surface area contributed by atoms with Gasteiger partial charge in [0.25, 0.3) is 0 Å². The lowest BCUT2D eigenvalue weighted by atomic mass is 10.1. The monoisotopic (exact) mass is 430 g/mol. The molecule has 0 atom stereocenters. The van der Waals surface area contributed by atoms with E-state index in [1.807, 2.05) is 0 Å². The zero-order valence-electron chi connectivity index (χ0n) is 18.7. The van der Waals surface area contributed by atoms with Crippen LogP contribution in [0.25, 0.3) is 0 Å². The van der Waals surface area contributed by atoms with Crippen LogP contribution in [0.5, 0.6) is 5.75 Å². The molecule has 0 saturated carbocycles. The minimum absolute atomic E-state index is 0.0287. The molecule has 1 saturated heterocycles. The first kappa shape index (κ1) is 24.6. The van der Waals surface area contributed by atoms with Gasteiger partial charge in [-0.15, -0.1) is 0 Å². The molecule has 3 amide bonds. The molecule has 7 nitrogen and oxygen atoms in total. The van der Waals surface area contributed by atoms with Gasteiger partial charge in [0.2, 0.25) is 17.7 Å². The van der Waals surface area contributed by atoms with Crippen LogP contribution >= 0.6 is 0 Å². The van der Waals surface area contributed by atoms with Crippen molar-refractivity contribution in [1.29, 1.82) is 0 Å². The first-order valence-electron chi connectivity index (χ1n) is 11.2. The second kappa shape index (κ2) is 12.9. The van der Waals surface area contributed by atoms with Crippen LogP contribution in [0.4, 0.5) is 5.69 Å². The molecule has 0 bridgehead atoms. The molecule has 7 heteroatoms. The number of ketones is 1. The van der Waals surface area contributed by atoms with E-state index in [-0.39, 0.29) is 23.5 Å². The van der Waals surface area contributed by atoms with Crippen LogP contribution in [-0.4, -0.2) is 42.1 Å². The Hall–Kier alpha value is -2.70. The van der Waals surface area contributed by atoms with Gasteiger partial charge in [0.1, 0.15) is 5.75 Å². The number of imide groups is 1. The lowest BCUT2D eigenvalue weighted by molar-refractivity contribution is -0.138. The predicted molar refractivity (Wildman–Crippen MR) is 119 cm³/mol. The number of rotatable bonds is 14. The lowest BCUT2D eigenvalue weighted by Gasteiger charge is -2.13. The van der Waals surface area contributed by atoms with Crippen molar-refractivity contribution in [3.8, 4) is 5.75 Å². The first-order chi connectivity index (χ1) is 14.9. The minimum atomic E-state index is -0.0787. The molecule has 0 radical (unpaired) electrons. The van der Waals surface area contributed by atoms with Crippen LogP contribution in [0.1, 0.15) is 87.9 Å². The van der Waals surface area contributed by atoms with Crippen molar-refractivity contribution in [2.75, 3.05) is 19.0 Å². The lowest BCUT2D eigenvalue weighted by Crippen LogP contribution is -2.29. The van der Waals surface area contributed by atoms with E-state index < -0.39 is 0 Å². The smallest absolute Gasteiger partial charge is 0.229 e. The number of anilines is 1.